The summed E-state index contributed by atoms with van der Waals surface area (Å²) in [5.41, 5.74) is 5.67. The van der Waals surface area contributed by atoms with Crippen LogP contribution in [0.15, 0.2) is 78.9 Å². The minimum atomic E-state index is -0.568. The number of hydrogen-bond donors (Lipinski definition) is 3. The Morgan fingerprint density at radius 2 is 1.44 bits per heavy atom. The highest BCUT2D eigenvalue weighted by molar-refractivity contribution is 5.98. The van der Waals surface area contributed by atoms with Crippen LogP contribution in [0.5, 0.6) is 11.5 Å². The molecular formula is C28H33NO3. The summed E-state index contributed by atoms with van der Waals surface area (Å²) in [7, 11) is 1.85. The number of benzene rings is 3. The van der Waals surface area contributed by atoms with Gasteiger partial charge in [-0.15, -0.1) is 0 Å². The number of allylic oxidation sites excluding steroid dienone is 1. The fourth-order valence-electron chi connectivity index (χ4n) is 3.99. The van der Waals surface area contributed by atoms with E-state index in [2.05, 4.69) is 48.6 Å². The summed E-state index contributed by atoms with van der Waals surface area (Å²) in [5, 5.41) is 23.2. The van der Waals surface area contributed by atoms with Gasteiger partial charge in [0.05, 0.1) is 0 Å². The van der Waals surface area contributed by atoms with Crippen molar-refractivity contribution in [2.75, 3.05) is 13.7 Å². The third-order valence-corrected chi connectivity index (χ3v) is 5.77. The molecule has 3 aromatic rings. The van der Waals surface area contributed by atoms with Crippen molar-refractivity contribution in [3.05, 3.63) is 95.6 Å². The molecule has 0 aliphatic carbocycles. The van der Waals surface area contributed by atoms with Crippen LogP contribution in [-0.4, -0.2) is 36.0 Å². The number of likely N-dealkylation sites (N-methyl/N-ethyl adjacent to an activating group) is 1. The van der Waals surface area contributed by atoms with E-state index in [1.165, 1.54) is 11.1 Å². The molecule has 168 valence electrons. The molecule has 4 heteroatoms. The van der Waals surface area contributed by atoms with E-state index in [1.54, 1.807) is 12.1 Å². The number of nitrogens with one attached hydrogen (secondary N) is 1. The molecule has 0 amide bonds. The minimum Gasteiger partial charge on any atom is -0.508 e. The van der Waals surface area contributed by atoms with E-state index < -0.39 is 6.10 Å². The Kier molecular flexibility index (Phi) is 8.48. The molecule has 2 unspecified atom stereocenters. The lowest BCUT2D eigenvalue weighted by atomic mass is 9.88. The summed E-state index contributed by atoms with van der Waals surface area (Å²) in [5.74, 6) is 0.974. The van der Waals surface area contributed by atoms with Crippen LogP contribution < -0.4 is 10.1 Å². The second kappa shape index (κ2) is 11.5. The molecule has 0 aliphatic rings. The lowest BCUT2D eigenvalue weighted by Crippen LogP contribution is -2.40. The maximum atomic E-state index is 10.3. The SMILES string of the molecule is CCC(=C(c1ccc(O)cc1)c1ccc(OCC(O)C(CC)NC)cc1)c1ccccc1. The average molecular weight is 432 g/mol. The number of aromatic hydroxyl groups is 1. The van der Waals surface area contributed by atoms with Crippen LogP contribution >= 0.6 is 0 Å². The van der Waals surface area contributed by atoms with E-state index in [-0.39, 0.29) is 18.4 Å². The molecule has 0 aromatic heterocycles. The van der Waals surface area contributed by atoms with Crippen molar-refractivity contribution in [1.82, 2.24) is 5.32 Å². The maximum absolute atomic E-state index is 10.3. The van der Waals surface area contributed by atoms with Crippen molar-refractivity contribution in [2.45, 2.75) is 38.8 Å². The number of aliphatic hydroxyl groups excluding tert-OH is 1. The van der Waals surface area contributed by atoms with E-state index in [1.807, 2.05) is 44.3 Å². The van der Waals surface area contributed by atoms with Gasteiger partial charge in [0.15, 0.2) is 0 Å². The van der Waals surface area contributed by atoms with Crippen molar-refractivity contribution < 1.29 is 14.9 Å². The molecule has 0 bridgehead atoms. The minimum absolute atomic E-state index is 0.0105. The van der Waals surface area contributed by atoms with Gasteiger partial charge in [0, 0.05) is 6.04 Å². The maximum Gasteiger partial charge on any atom is 0.119 e. The van der Waals surface area contributed by atoms with Crippen molar-refractivity contribution in [1.29, 1.82) is 0 Å². The van der Waals surface area contributed by atoms with Crippen molar-refractivity contribution >= 4 is 11.1 Å². The van der Waals surface area contributed by atoms with Crippen LogP contribution in [0.2, 0.25) is 0 Å². The summed E-state index contributed by atoms with van der Waals surface area (Å²) < 4.78 is 5.84. The van der Waals surface area contributed by atoms with Crippen molar-refractivity contribution in [3.8, 4) is 11.5 Å². The Hall–Kier alpha value is -3.08. The predicted octanol–water partition coefficient (Wildman–Crippen LogP) is 5.50. The first-order valence-corrected chi connectivity index (χ1v) is 11.2. The molecule has 3 N–H and O–H groups in total. The first-order chi connectivity index (χ1) is 15.6. The van der Waals surface area contributed by atoms with Gasteiger partial charge in [-0.3, -0.25) is 0 Å². The van der Waals surface area contributed by atoms with Crippen LogP contribution in [0.4, 0.5) is 0 Å². The van der Waals surface area contributed by atoms with Crippen LogP contribution in [0, 0.1) is 0 Å². The van der Waals surface area contributed by atoms with Gasteiger partial charge in [0.1, 0.15) is 24.2 Å². The molecule has 0 saturated heterocycles. The Bertz CT molecular complexity index is 991. The zero-order valence-corrected chi connectivity index (χ0v) is 19.1. The van der Waals surface area contributed by atoms with Crippen LogP contribution in [0.3, 0.4) is 0 Å². The normalized spacial score (nSPS) is 13.9. The molecule has 0 heterocycles. The third-order valence-electron chi connectivity index (χ3n) is 5.77. The van der Waals surface area contributed by atoms with Crippen LogP contribution in [-0.2, 0) is 0 Å². The second-order valence-electron chi connectivity index (χ2n) is 7.83. The Balaban J connectivity index is 1.94. The number of ether oxygens (including phenoxy) is 1. The Morgan fingerprint density at radius 3 is 1.97 bits per heavy atom. The van der Waals surface area contributed by atoms with Gasteiger partial charge in [-0.25, -0.2) is 0 Å². The zero-order chi connectivity index (χ0) is 22.9. The highest BCUT2D eigenvalue weighted by Crippen LogP contribution is 2.35. The fourth-order valence-corrected chi connectivity index (χ4v) is 3.99. The van der Waals surface area contributed by atoms with Crippen molar-refractivity contribution in [3.63, 3.8) is 0 Å². The molecular weight excluding hydrogens is 398 g/mol. The Morgan fingerprint density at radius 1 is 0.844 bits per heavy atom. The number of phenolic OH excluding ortho intramolecular Hbond substituents is 1. The molecule has 0 radical (unpaired) electrons. The summed E-state index contributed by atoms with van der Waals surface area (Å²) >= 11 is 0. The molecule has 32 heavy (non-hydrogen) atoms. The van der Waals surface area contributed by atoms with E-state index in [0.29, 0.717) is 0 Å². The third kappa shape index (κ3) is 5.78. The molecule has 0 saturated carbocycles. The quantitative estimate of drug-likeness (QED) is 0.371. The molecule has 3 aromatic carbocycles. The number of aliphatic hydroxyl groups is 1. The van der Waals surface area contributed by atoms with E-state index in [0.717, 1.165) is 35.3 Å². The Labute approximate surface area is 191 Å². The number of rotatable bonds is 10. The zero-order valence-electron chi connectivity index (χ0n) is 19.1. The largest absolute Gasteiger partial charge is 0.508 e. The lowest BCUT2D eigenvalue weighted by Gasteiger charge is -2.21. The van der Waals surface area contributed by atoms with Gasteiger partial charge in [0.25, 0.3) is 0 Å². The highest BCUT2D eigenvalue weighted by atomic mass is 16.5. The average Bonchev–Trinajstić information content (AvgIpc) is 2.84. The summed E-state index contributed by atoms with van der Waals surface area (Å²) in [6.07, 6.45) is 1.13. The van der Waals surface area contributed by atoms with Gasteiger partial charge in [-0.1, -0.05) is 68.4 Å². The van der Waals surface area contributed by atoms with Gasteiger partial charge in [-0.2, -0.15) is 0 Å². The van der Waals surface area contributed by atoms with E-state index in [9.17, 15) is 10.2 Å². The van der Waals surface area contributed by atoms with Gasteiger partial charge < -0.3 is 20.3 Å². The van der Waals surface area contributed by atoms with Crippen molar-refractivity contribution in [2.24, 2.45) is 0 Å². The van der Waals surface area contributed by atoms with Crippen LogP contribution in [0.1, 0.15) is 43.4 Å². The summed E-state index contributed by atoms with van der Waals surface area (Å²) in [6, 6.07) is 25.7. The molecule has 0 spiro atoms. The summed E-state index contributed by atoms with van der Waals surface area (Å²) in [6.45, 7) is 4.44. The first kappa shape index (κ1) is 23.6. The highest BCUT2D eigenvalue weighted by Gasteiger charge is 2.17. The molecule has 0 fully saturated rings. The topological polar surface area (TPSA) is 61.7 Å². The predicted molar refractivity (Wildman–Crippen MR) is 132 cm³/mol. The smallest absolute Gasteiger partial charge is 0.119 e. The van der Waals surface area contributed by atoms with Gasteiger partial charge in [0.2, 0.25) is 0 Å². The van der Waals surface area contributed by atoms with Gasteiger partial charge in [-0.05, 0) is 72.0 Å². The molecule has 4 nitrogen and oxygen atoms in total. The summed E-state index contributed by atoms with van der Waals surface area (Å²) in [4.78, 5) is 0. The monoisotopic (exact) mass is 431 g/mol. The van der Waals surface area contributed by atoms with E-state index in [4.69, 9.17) is 4.74 Å². The van der Waals surface area contributed by atoms with Crippen LogP contribution in [0.25, 0.3) is 11.1 Å². The molecule has 2 atom stereocenters. The number of phenols is 1. The standard InChI is InChI=1S/C28H33NO3/c1-4-25(20-9-7-6-8-10-20)28(21-11-15-23(30)16-12-21)22-13-17-24(18-14-22)32-19-27(31)26(5-2)29-3/h6-18,26-27,29-31H,4-5,19H2,1-3H3. The van der Waals surface area contributed by atoms with E-state index >= 15 is 0 Å². The second-order valence-corrected chi connectivity index (χ2v) is 7.83. The fraction of sp³-hybridized carbons (Fsp3) is 0.286. The first-order valence-electron chi connectivity index (χ1n) is 11.2. The lowest BCUT2D eigenvalue weighted by molar-refractivity contribution is 0.0743. The van der Waals surface area contributed by atoms with Gasteiger partial charge >= 0.3 is 0 Å². The number of hydrogen-bond acceptors (Lipinski definition) is 4. The molecule has 0 aliphatic heterocycles. The molecule has 3 rings (SSSR count).